The summed E-state index contributed by atoms with van der Waals surface area (Å²) in [7, 11) is 0. The molecule has 0 bridgehead atoms. The normalized spacial score (nSPS) is 17.0. The number of hydrogen-bond donors (Lipinski definition) is 0. The molecule has 132 valence electrons. The predicted octanol–water partition coefficient (Wildman–Crippen LogP) is 2.81. The van der Waals surface area contributed by atoms with Crippen molar-refractivity contribution in [2.75, 3.05) is 18.1 Å². The SMILES string of the molecule is CCOC(=O)[C@H]1CC(=O)N(c2ccc3oc(-c4cccnc4)nc3c2)C1. The van der Waals surface area contributed by atoms with Crippen LogP contribution in [0, 0.1) is 5.92 Å². The number of carbonyl (C=O) groups excluding carboxylic acids is 2. The van der Waals surface area contributed by atoms with Crippen LogP contribution in [-0.2, 0) is 14.3 Å². The molecular weight excluding hydrogens is 334 g/mol. The van der Waals surface area contributed by atoms with Gasteiger partial charge < -0.3 is 14.1 Å². The zero-order valence-electron chi connectivity index (χ0n) is 14.2. The molecule has 1 aliphatic rings. The Kier molecular flexibility index (Phi) is 4.12. The van der Waals surface area contributed by atoms with Crippen molar-refractivity contribution in [1.29, 1.82) is 0 Å². The van der Waals surface area contributed by atoms with Crippen LogP contribution in [0.1, 0.15) is 13.3 Å². The molecule has 4 rings (SSSR count). The summed E-state index contributed by atoms with van der Waals surface area (Å²) in [4.78, 5) is 34.4. The van der Waals surface area contributed by atoms with E-state index in [4.69, 9.17) is 9.15 Å². The smallest absolute Gasteiger partial charge is 0.311 e. The minimum absolute atomic E-state index is 0.0987. The molecule has 0 unspecified atom stereocenters. The lowest BCUT2D eigenvalue weighted by Crippen LogP contribution is -2.26. The number of anilines is 1. The number of esters is 1. The van der Waals surface area contributed by atoms with Gasteiger partial charge in [-0.3, -0.25) is 14.6 Å². The molecule has 1 fully saturated rings. The van der Waals surface area contributed by atoms with E-state index in [1.165, 1.54) is 0 Å². The van der Waals surface area contributed by atoms with Gasteiger partial charge in [0.1, 0.15) is 5.52 Å². The van der Waals surface area contributed by atoms with Crippen molar-refractivity contribution < 1.29 is 18.7 Å². The lowest BCUT2D eigenvalue weighted by Gasteiger charge is -2.16. The maximum Gasteiger partial charge on any atom is 0.311 e. The highest BCUT2D eigenvalue weighted by Crippen LogP contribution is 2.30. The number of pyridine rings is 1. The van der Waals surface area contributed by atoms with Gasteiger partial charge in [-0.2, -0.15) is 0 Å². The minimum Gasteiger partial charge on any atom is -0.466 e. The van der Waals surface area contributed by atoms with E-state index in [1.807, 2.05) is 12.1 Å². The standard InChI is InChI=1S/C19H17N3O4/c1-2-25-19(24)13-8-17(23)22(11-13)14-5-6-16-15(9-14)21-18(26-16)12-4-3-7-20-10-12/h3-7,9-10,13H,2,8,11H2,1H3/t13-/m0/s1. The van der Waals surface area contributed by atoms with Crippen LogP contribution in [0.5, 0.6) is 0 Å². The van der Waals surface area contributed by atoms with Gasteiger partial charge in [0, 0.05) is 31.0 Å². The Labute approximate surface area is 149 Å². The Morgan fingerprint density at radius 3 is 3.04 bits per heavy atom. The summed E-state index contributed by atoms with van der Waals surface area (Å²) in [6.45, 7) is 2.38. The molecule has 26 heavy (non-hydrogen) atoms. The highest BCUT2D eigenvalue weighted by atomic mass is 16.5. The number of nitrogens with zero attached hydrogens (tertiary/aromatic N) is 3. The first kappa shape index (κ1) is 16.3. The molecule has 2 aromatic heterocycles. The quantitative estimate of drug-likeness (QED) is 0.672. The summed E-state index contributed by atoms with van der Waals surface area (Å²) < 4.78 is 10.8. The topological polar surface area (TPSA) is 85.5 Å². The van der Waals surface area contributed by atoms with Crippen LogP contribution in [-0.4, -0.2) is 35.0 Å². The van der Waals surface area contributed by atoms with Gasteiger partial charge in [-0.15, -0.1) is 0 Å². The van der Waals surface area contributed by atoms with E-state index < -0.39 is 5.92 Å². The van der Waals surface area contributed by atoms with Gasteiger partial charge in [-0.05, 0) is 37.3 Å². The second-order valence-corrected chi connectivity index (χ2v) is 6.07. The third-order valence-corrected chi connectivity index (χ3v) is 4.34. The molecule has 3 aromatic rings. The molecule has 1 saturated heterocycles. The molecule has 0 aliphatic carbocycles. The Morgan fingerprint density at radius 1 is 1.38 bits per heavy atom. The molecular formula is C19H17N3O4. The van der Waals surface area contributed by atoms with Gasteiger partial charge in [0.25, 0.3) is 0 Å². The zero-order chi connectivity index (χ0) is 18.1. The molecule has 1 aliphatic heterocycles. The van der Waals surface area contributed by atoms with Crippen LogP contribution in [0.25, 0.3) is 22.6 Å². The number of rotatable bonds is 4. The molecule has 7 heteroatoms. The van der Waals surface area contributed by atoms with Crippen LogP contribution < -0.4 is 4.90 Å². The first-order chi connectivity index (χ1) is 12.7. The monoisotopic (exact) mass is 351 g/mol. The van der Waals surface area contributed by atoms with Gasteiger partial charge in [0.05, 0.1) is 18.1 Å². The van der Waals surface area contributed by atoms with Crippen molar-refractivity contribution in [2.45, 2.75) is 13.3 Å². The van der Waals surface area contributed by atoms with E-state index in [0.717, 1.165) is 5.56 Å². The average Bonchev–Trinajstić information content (AvgIpc) is 3.25. The lowest BCUT2D eigenvalue weighted by atomic mass is 10.1. The van der Waals surface area contributed by atoms with Crippen LogP contribution >= 0.6 is 0 Å². The summed E-state index contributed by atoms with van der Waals surface area (Å²) in [5, 5.41) is 0. The highest BCUT2D eigenvalue weighted by Gasteiger charge is 2.36. The fourth-order valence-corrected chi connectivity index (χ4v) is 3.07. The van der Waals surface area contributed by atoms with E-state index in [2.05, 4.69) is 9.97 Å². The van der Waals surface area contributed by atoms with Crippen LogP contribution in [0.4, 0.5) is 5.69 Å². The molecule has 1 amide bonds. The average molecular weight is 351 g/mol. The van der Waals surface area contributed by atoms with E-state index >= 15 is 0 Å². The number of oxazole rings is 1. The van der Waals surface area contributed by atoms with E-state index in [9.17, 15) is 9.59 Å². The summed E-state index contributed by atoms with van der Waals surface area (Å²) in [5.74, 6) is -0.382. The second-order valence-electron chi connectivity index (χ2n) is 6.07. The highest BCUT2D eigenvalue weighted by molar-refractivity contribution is 6.00. The largest absolute Gasteiger partial charge is 0.466 e. The molecule has 0 N–H and O–H groups in total. The molecule has 1 atom stereocenters. The molecule has 7 nitrogen and oxygen atoms in total. The number of aromatic nitrogens is 2. The zero-order valence-corrected chi connectivity index (χ0v) is 14.2. The lowest BCUT2D eigenvalue weighted by molar-refractivity contribution is -0.147. The van der Waals surface area contributed by atoms with Crippen molar-refractivity contribution in [1.82, 2.24) is 9.97 Å². The van der Waals surface area contributed by atoms with Crippen molar-refractivity contribution in [3.05, 3.63) is 42.7 Å². The molecule has 0 saturated carbocycles. The van der Waals surface area contributed by atoms with Gasteiger partial charge in [0.2, 0.25) is 11.8 Å². The first-order valence-corrected chi connectivity index (χ1v) is 8.43. The molecule has 1 aromatic carbocycles. The van der Waals surface area contributed by atoms with E-state index in [0.29, 0.717) is 35.8 Å². The van der Waals surface area contributed by atoms with E-state index in [-0.39, 0.29) is 18.3 Å². The third kappa shape index (κ3) is 2.92. The number of benzene rings is 1. The maximum atomic E-state index is 12.3. The maximum absolute atomic E-state index is 12.3. The molecule has 3 heterocycles. The second kappa shape index (κ2) is 6.59. The van der Waals surface area contributed by atoms with Crippen LogP contribution in [0.2, 0.25) is 0 Å². The van der Waals surface area contributed by atoms with E-state index in [1.54, 1.807) is 42.4 Å². The molecule has 0 radical (unpaired) electrons. The van der Waals surface area contributed by atoms with Crippen molar-refractivity contribution in [3.8, 4) is 11.5 Å². The van der Waals surface area contributed by atoms with Crippen molar-refractivity contribution in [2.24, 2.45) is 5.92 Å². The minimum atomic E-state index is -0.429. The number of carbonyl (C=O) groups is 2. The Hall–Kier alpha value is -3.22. The number of hydrogen-bond acceptors (Lipinski definition) is 6. The number of fused-ring (bicyclic) bond motifs is 1. The van der Waals surface area contributed by atoms with Gasteiger partial charge >= 0.3 is 5.97 Å². The van der Waals surface area contributed by atoms with Crippen molar-refractivity contribution in [3.63, 3.8) is 0 Å². The van der Waals surface area contributed by atoms with Gasteiger partial charge in [-0.1, -0.05) is 0 Å². The fraction of sp³-hybridized carbons (Fsp3) is 0.263. The van der Waals surface area contributed by atoms with Crippen molar-refractivity contribution >= 4 is 28.7 Å². The summed E-state index contributed by atoms with van der Waals surface area (Å²) in [6, 6.07) is 9.05. The fourth-order valence-electron chi connectivity index (χ4n) is 3.07. The Morgan fingerprint density at radius 2 is 2.27 bits per heavy atom. The summed E-state index contributed by atoms with van der Waals surface area (Å²) in [6.07, 6.45) is 3.53. The predicted molar refractivity (Wildman–Crippen MR) is 94.3 cm³/mol. The van der Waals surface area contributed by atoms with Crippen LogP contribution in [0.3, 0.4) is 0 Å². The number of ether oxygens (including phenoxy) is 1. The molecule has 0 spiro atoms. The Bertz CT molecular complexity index is 967. The summed E-state index contributed by atoms with van der Waals surface area (Å²) >= 11 is 0. The third-order valence-electron chi connectivity index (χ3n) is 4.34. The Balaban J connectivity index is 1.61. The number of amides is 1. The first-order valence-electron chi connectivity index (χ1n) is 8.43. The summed E-state index contributed by atoms with van der Waals surface area (Å²) in [5.41, 5.74) is 2.75. The van der Waals surface area contributed by atoms with Gasteiger partial charge in [0.15, 0.2) is 5.58 Å². The van der Waals surface area contributed by atoms with Gasteiger partial charge in [-0.25, -0.2) is 4.98 Å². The van der Waals surface area contributed by atoms with Crippen LogP contribution in [0.15, 0.2) is 47.1 Å².